The van der Waals surface area contributed by atoms with E-state index in [2.05, 4.69) is 54.4 Å². The molecule has 5 heteroatoms. The van der Waals surface area contributed by atoms with Crippen LogP contribution in [0.4, 0.5) is 11.4 Å². The molecule has 37 heavy (non-hydrogen) atoms. The molecule has 0 saturated carbocycles. The molecular weight excluding hydrogens is 460 g/mol. The summed E-state index contributed by atoms with van der Waals surface area (Å²) in [5.41, 5.74) is 4.24. The number of ether oxygens (including phenoxy) is 2. The Kier molecular flexibility index (Phi) is 5.84. The van der Waals surface area contributed by atoms with E-state index < -0.39 is 5.60 Å². The van der Waals surface area contributed by atoms with E-state index >= 15 is 0 Å². The Morgan fingerprint density at radius 2 is 1.46 bits per heavy atom. The first-order valence-corrected chi connectivity index (χ1v) is 13.0. The van der Waals surface area contributed by atoms with E-state index in [1.54, 1.807) is 0 Å². The van der Waals surface area contributed by atoms with Gasteiger partial charge < -0.3 is 19.7 Å². The number of para-hydroxylation sites is 2. The topological polar surface area (TPSA) is 50.8 Å². The van der Waals surface area contributed by atoms with Crippen LogP contribution in [0.15, 0.2) is 97.1 Å². The van der Waals surface area contributed by atoms with Crippen molar-refractivity contribution in [2.45, 2.75) is 38.3 Å². The molecule has 1 spiro atoms. The van der Waals surface area contributed by atoms with Crippen molar-refractivity contribution in [3.63, 3.8) is 0 Å². The van der Waals surface area contributed by atoms with Crippen LogP contribution in [0, 0.1) is 0 Å². The maximum absolute atomic E-state index is 13.0. The van der Waals surface area contributed by atoms with Crippen LogP contribution < -0.4 is 15.0 Å². The van der Waals surface area contributed by atoms with Crippen molar-refractivity contribution in [1.29, 1.82) is 0 Å². The van der Waals surface area contributed by atoms with Crippen LogP contribution in [-0.4, -0.2) is 18.7 Å². The summed E-state index contributed by atoms with van der Waals surface area (Å²) in [6.45, 7) is 5.10. The molecule has 186 valence electrons. The number of fused-ring (bicyclic) bond motifs is 6. The van der Waals surface area contributed by atoms with Gasteiger partial charge in [0.2, 0.25) is 0 Å². The summed E-state index contributed by atoms with van der Waals surface area (Å²) in [4.78, 5) is 15.4. The lowest BCUT2D eigenvalue weighted by Crippen LogP contribution is -2.39. The van der Waals surface area contributed by atoms with Gasteiger partial charge in [-0.25, -0.2) is 4.79 Å². The Bertz CT molecular complexity index is 1450. The summed E-state index contributed by atoms with van der Waals surface area (Å²) in [5, 5.41) is 3.57. The average molecular weight is 491 g/mol. The first-order valence-electron chi connectivity index (χ1n) is 13.0. The molecule has 4 aromatic rings. The molecule has 0 amide bonds. The lowest BCUT2D eigenvalue weighted by molar-refractivity contribution is 0.0224. The minimum atomic E-state index is -1.03. The fourth-order valence-electron chi connectivity index (χ4n) is 5.69. The van der Waals surface area contributed by atoms with Crippen molar-refractivity contribution in [2.75, 3.05) is 16.9 Å². The molecule has 0 aromatic heterocycles. The lowest BCUT2D eigenvalue weighted by atomic mass is 9.77. The Labute approximate surface area is 217 Å². The van der Waals surface area contributed by atoms with Gasteiger partial charge in [-0.05, 0) is 49.2 Å². The zero-order chi connectivity index (χ0) is 25.4. The molecule has 1 unspecified atom stereocenters. The van der Waals surface area contributed by atoms with Crippen molar-refractivity contribution < 1.29 is 14.3 Å². The summed E-state index contributed by atoms with van der Waals surface area (Å²) in [6.07, 6.45) is 2.03. The Morgan fingerprint density at radius 3 is 2.24 bits per heavy atom. The number of rotatable bonds is 7. The fourth-order valence-corrected chi connectivity index (χ4v) is 5.69. The molecule has 6 rings (SSSR count). The van der Waals surface area contributed by atoms with Gasteiger partial charge in [-0.2, -0.15) is 0 Å². The number of hydrogen-bond donors (Lipinski definition) is 1. The van der Waals surface area contributed by atoms with Gasteiger partial charge in [0.25, 0.3) is 0 Å². The summed E-state index contributed by atoms with van der Waals surface area (Å²) >= 11 is 0. The summed E-state index contributed by atoms with van der Waals surface area (Å²) in [5.74, 6) is 1.09. The van der Waals surface area contributed by atoms with Crippen LogP contribution in [0.3, 0.4) is 0 Å². The van der Waals surface area contributed by atoms with E-state index in [9.17, 15) is 4.79 Å². The van der Waals surface area contributed by atoms with Gasteiger partial charge in [0, 0.05) is 40.2 Å². The maximum atomic E-state index is 13.0. The molecule has 0 radical (unpaired) electrons. The third-order valence-corrected chi connectivity index (χ3v) is 7.55. The highest BCUT2D eigenvalue weighted by atomic mass is 16.6. The van der Waals surface area contributed by atoms with Gasteiger partial charge in [-0.3, -0.25) is 0 Å². The molecule has 5 nitrogen and oxygen atoms in total. The van der Waals surface area contributed by atoms with Gasteiger partial charge in [-0.1, -0.05) is 68.4 Å². The normalized spacial score (nSPS) is 17.0. The van der Waals surface area contributed by atoms with Gasteiger partial charge >= 0.3 is 5.97 Å². The lowest BCUT2D eigenvalue weighted by Gasteiger charge is -2.38. The Hall–Kier alpha value is -4.25. The highest BCUT2D eigenvalue weighted by Gasteiger charge is 2.53. The van der Waals surface area contributed by atoms with Crippen LogP contribution >= 0.6 is 0 Å². The first-order chi connectivity index (χ1) is 18.2. The maximum Gasteiger partial charge on any atom is 0.340 e. The Morgan fingerprint density at radius 1 is 0.784 bits per heavy atom. The van der Waals surface area contributed by atoms with Crippen molar-refractivity contribution in [3.05, 3.63) is 119 Å². The van der Waals surface area contributed by atoms with E-state index in [1.807, 2.05) is 66.7 Å². The van der Waals surface area contributed by atoms with Crippen LogP contribution in [0.25, 0.3) is 0 Å². The number of nitrogens with one attached hydrogen (secondary N) is 1. The second-order valence-electron chi connectivity index (χ2n) is 9.54. The van der Waals surface area contributed by atoms with E-state index in [0.717, 1.165) is 40.9 Å². The van der Waals surface area contributed by atoms with Crippen molar-refractivity contribution in [1.82, 2.24) is 0 Å². The van der Waals surface area contributed by atoms with E-state index in [1.165, 1.54) is 0 Å². The van der Waals surface area contributed by atoms with Gasteiger partial charge in [0.15, 0.2) is 5.60 Å². The molecule has 0 fully saturated rings. The fraction of sp³-hybridized carbons (Fsp3) is 0.219. The third-order valence-electron chi connectivity index (χ3n) is 7.55. The zero-order valence-electron chi connectivity index (χ0n) is 21.1. The van der Waals surface area contributed by atoms with E-state index in [0.29, 0.717) is 29.8 Å². The van der Waals surface area contributed by atoms with Crippen molar-refractivity contribution >= 4 is 17.3 Å². The van der Waals surface area contributed by atoms with Crippen molar-refractivity contribution in [3.8, 4) is 11.5 Å². The van der Waals surface area contributed by atoms with Crippen LogP contribution in [0.1, 0.15) is 53.7 Å². The highest BCUT2D eigenvalue weighted by molar-refractivity contribution is 5.97. The largest absolute Gasteiger partial charge is 0.456 e. The van der Waals surface area contributed by atoms with E-state index in [4.69, 9.17) is 9.47 Å². The second-order valence-corrected chi connectivity index (χ2v) is 9.54. The predicted octanol–water partition coefficient (Wildman–Crippen LogP) is 7.32. The summed E-state index contributed by atoms with van der Waals surface area (Å²) < 4.78 is 12.7. The van der Waals surface area contributed by atoms with Crippen LogP contribution in [-0.2, 0) is 10.3 Å². The van der Waals surface area contributed by atoms with Gasteiger partial charge in [0.1, 0.15) is 11.5 Å². The monoisotopic (exact) mass is 490 g/mol. The smallest absolute Gasteiger partial charge is 0.340 e. The number of carbonyl (C=O) groups excluding carboxylic acids is 1. The Balaban J connectivity index is 1.46. The highest BCUT2D eigenvalue weighted by Crippen LogP contribution is 2.56. The first kappa shape index (κ1) is 23.2. The van der Waals surface area contributed by atoms with Crippen molar-refractivity contribution in [2.24, 2.45) is 0 Å². The third kappa shape index (κ3) is 3.73. The molecular formula is C32H30N2O3. The minimum Gasteiger partial charge on any atom is -0.456 e. The molecule has 2 aliphatic heterocycles. The molecule has 2 aliphatic rings. The standard InChI is InChI=1S/C32H30N2O3/c1-3-23(4-2)34(21-33-22-12-6-5-7-13-22)24-18-19-28-30(20-24)36-29-17-11-10-16-27(29)32(28)26-15-9-8-14-25(26)31(35)37-32/h5-20,23,33H,3-4,21H2,1-2H3. The molecule has 0 saturated heterocycles. The van der Waals surface area contributed by atoms with Gasteiger partial charge in [-0.15, -0.1) is 0 Å². The number of benzene rings is 4. The molecule has 0 bridgehead atoms. The van der Waals surface area contributed by atoms with Crippen LogP contribution in [0.5, 0.6) is 11.5 Å². The molecule has 4 aromatic carbocycles. The molecule has 1 atom stereocenters. The van der Waals surface area contributed by atoms with E-state index in [-0.39, 0.29) is 5.97 Å². The summed E-state index contributed by atoms with van der Waals surface area (Å²) in [6, 6.07) is 32.4. The zero-order valence-corrected chi connectivity index (χ0v) is 21.1. The van der Waals surface area contributed by atoms with Gasteiger partial charge in [0.05, 0.1) is 12.2 Å². The molecule has 0 aliphatic carbocycles. The predicted molar refractivity (Wildman–Crippen MR) is 146 cm³/mol. The average Bonchev–Trinajstić information content (AvgIpc) is 3.24. The number of esters is 1. The number of carbonyl (C=O) groups is 1. The number of anilines is 2. The second kappa shape index (κ2) is 9.32. The molecule has 1 N–H and O–H groups in total. The number of hydrogen-bond acceptors (Lipinski definition) is 5. The summed E-state index contributed by atoms with van der Waals surface area (Å²) in [7, 11) is 0. The SMILES string of the molecule is CCC(CC)N(CNc1ccccc1)c1ccc2c(c1)Oc1ccccc1C21OC(=O)c2ccccc21. The molecule has 2 heterocycles. The van der Waals surface area contributed by atoms with Crippen LogP contribution in [0.2, 0.25) is 0 Å². The number of nitrogens with zero attached hydrogens (tertiary/aromatic N) is 1. The minimum absolute atomic E-state index is 0.312. The quantitative estimate of drug-likeness (QED) is 0.217.